The highest BCUT2D eigenvalue weighted by Crippen LogP contribution is 2.26. The van der Waals surface area contributed by atoms with Gasteiger partial charge in [-0.05, 0) is 36.8 Å². The van der Waals surface area contributed by atoms with Crippen LogP contribution in [0.2, 0.25) is 0 Å². The third-order valence-corrected chi connectivity index (χ3v) is 6.29. The lowest BCUT2D eigenvalue weighted by molar-refractivity contribution is 0.103. The Kier molecular flexibility index (Phi) is 5.70. The molecule has 32 heavy (non-hydrogen) atoms. The van der Waals surface area contributed by atoms with Gasteiger partial charge in [0.15, 0.2) is 17.4 Å². The van der Waals surface area contributed by atoms with Gasteiger partial charge in [-0.3, -0.25) is 19.6 Å². The second kappa shape index (κ2) is 8.46. The SMILES string of the molecule is CCCS(=O)(=O)Nc1cc(F)c(F)c(C(=O)c2ccc3ncc(-c4cn[nH]c4)cc3c2)c1. The molecule has 0 spiro atoms. The highest BCUT2D eigenvalue weighted by molar-refractivity contribution is 7.92. The molecule has 7 nitrogen and oxygen atoms in total. The Bertz CT molecular complexity index is 1420. The molecule has 0 aliphatic heterocycles. The summed E-state index contributed by atoms with van der Waals surface area (Å²) in [6.07, 6.45) is 5.33. The monoisotopic (exact) mass is 456 g/mol. The maximum Gasteiger partial charge on any atom is 0.232 e. The number of aromatic nitrogens is 3. The number of anilines is 1. The summed E-state index contributed by atoms with van der Waals surface area (Å²) in [5.74, 6) is -3.64. The molecular formula is C22H18F2N4O3S. The molecule has 0 unspecified atom stereocenters. The summed E-state index contributed by atoms with van der Waals surface area (Å²) in [6.45, 7) is 1.67. The molecule has 2 aromatic heterocycles. The van der Waals surface area contributed by atoms with Crippen LogP contribution in [0.3, 0.4) is 0 Å². The lowest BCUT2D eigenvalue weighted by atomic mass is 9.99. The van der Waals surface area contributed by atoms with Gasteiger partial charge in [-0.15, -0.1) is 0 Å². The number of halogens is 2. The smallest absolute Gasteiger partial charge is 0.232 e. The second-order valence-electron chi connectivity index (χ2n) is 7.19. The van der Waals surface area contributed by atoms with E-state index in [2.05, 4.69) is 19.9 Å². The Balaban J connectivity index is 1.73. The van der Waals surface area contributed by atoms with Gasteiger partial charge in [0.2, 0.25) is 10.0 Å². The summed E-state index contributed by atoms with van der Waals surface area (Å²) < 4.78 is 54.8. The molecule has 0 saturated heterocycles. The molecule has 2 N–H and O–H groups in total. The summed E-state index contributed by atoms with van der Waals surface area (Å²) in [4.78, 5) is 17.4. The van der Waals surface area contributed by atoms with Gasteiger partial charge in [-0.25, -0.2) is 17.2 Å². The third-order valence-electron chi connectivity index (χ3n) is 4.79. The number of carbonyl (C=O) groups excluding carboxylic acids is 1. The lowest BCUT2D eigenvalue weighted by Crippen LogP contribution is -2.17. The van der Waals surface area contributed by atoms with Crippen LogP contribution in [-0.4, -0.2) is 35.1 Å². The van der Waals surface area contributed by atoms with E-state index in [1.54, 1.807) is 37.6 Å². The van der Waals surface area contributed by atoms with Gasteiger partial charge < -0.3 is 0 Å². The highest BCUT2D eigenvalue weighted by atomic mass is 32.2. The topological polar surface area (TPSA) is 105 Å². The van der Waals surface area contributed by atoms with Crippen molar-refractivity contribution in [1.29, 1.82) is 0 Å². The molecule has 0 radical (unpaired) electrons. The summed E-state index contributed by atoms with van der Waals surface area (Å²) in [7, 11) is -3.74. The first-order valence-electron chi connectivity index (χ1n) is 9.70. The van der Waals surface area contributed by atoms with Gasteiger partial charge in [-0.2, -0.15) is 5.10 Å². The first-order valence-corrected chi connectivity index (χ1v) is 11.4. The second-order valence-corrected chi connectivity index (χ2v) is 9.03. The Labute approximate surface area is 182 Å². The van der Waals surface area contributed by atoms with Gasteiger partial charge in [0.1, 0.15) is 0 Å². The fourth-order valence-corrected chi connectivity index (χ4v) is 4.42. The maximum atomic E-state index is 14.5. The van der Waals surface area contributed by atoms with Crippen molar-refractivity contribution in [2.24, 2.45) is 0 Å². The van der Waals surface area contributed by atoms with Crippen molar-refractivity contribution in [2.75, 3.05) is 10.5 Å². The first-order chi connectivity index (χ1) is 15.3. The van der Waals surface area contributed by atoms with Gasteiger partial charge in [0, 0.05) is 40.5 Å². The summed E-state index contributed by atoms with van der Waals surface area (Å²) in [5.41, 5.74) is 1.50. The van der Waals surface area contributed by atoms with Gasteiger partial charge in [-0.1, -0.05) is 6.92 Å². The standard InChI is InChI=1S/C22H18F2N4O3S/c1-2-5-32(30,31)28-17-8-18(21(24)19(23)9-17)22(29)13-3-4-20-14(6-13)7-15(10-25-20)16-11-26-27-12-16/h3-4,6-12,28H,2,5H2,1H3,(H,26,27). The van der Waals surface area contributed by atoms with Crippen molar-refractivity contribution in [3.8, 4) is 11.1 Å². The number of carbonyl (C=O) groups is 1. The number of rotatable bonds is 7. The minimum absolute atomic E-state index is 0.107. The quantitative estimate of drug-likeness (QED) is 0.404. The molecule has 0 saturated carbocycles. The molecule has 2 heterocycles. The summed E-state index contributed by atoms with van der Waals surface area (Å²) >= 11 is 0. The number of aromatic amines is 1. The van der Waals surface area contributed by atoms with Gasteiger partial charge >= 0.3 is 0 Å². The number of nitrogens with one attached hydrogen (secondary N) is 2. The Hall–Kier alpha value is -3.66. The van der Waals surface area contributed by atoms with Gasteiger partial charge in [0.05, 0.1) is 28.7 Å². The minimum Gasteiger partial charge on any atom is -0.288 e. The molecule has 164 valence electrons. The molecule has 2 aromatic carbocycles. The number of hydrogen-bond acceptors (Lipinski definition) is 5. The molecular weight excluding hydrogens is 438 g/mol. The molecule has 0 amide bonds. The zero-order chi connectivity index (χ0) is 22.9. The van der Waals surface area contributed by atoms with E-state index in [9.17, 15) is 22.0 Å². The van der Waals surface area contributed by atoms with Crippen LogP contribution in [0.25, 0.3) is 22.0 Å². The van der Waals surface area contributed by atoms with Crippen LogP contribution in [0.4, 0.5) is 14.5 Å². The molecule has 10 heteroatoms. The van der Waals surface area contributed by atoms with E-state index < -0.39 is 33.0 Å². The number of nitrogens with zero attached hydrogens (tertiary/aromatic N) is 2. The largest absolute Gasteiger partial charge is 0.288 e. The van der Waals surface area contributed by atoms with Crippen LogP contribution < -0.4 is 4.72 Å². The summed E-state index contributed by atoms with van der Waals surface area (Å²) in [5, 5.41) is 7.23. The first kappa shape index (κ1) is 21.6. The predicted molar refractivity (Wildman–Crippen MR) is 117 cm³/mol. The number of hydrogen-bond donors (Lipinski definition) is 2. The van der Waals surface area contributed by atoms with Crippen molar-refractivity contribution in [2.45, 2.75) is 13.3 Å². The van der Waals surface area contributed by atoms with Crippen molar-refractivity contribution in [1.82, 2.24) is 15.2 Å². The zero-order valence-electron chi connectivity index (χ0n) is 16.9. The van der Waals surface area contributed by atoms with Crippen LogP contribution in [0, 0.1) is 11.6 Å². The lowest BCUT2D eigenvalue weighted by Gasteiger charge is -2.11. The van der Waals surface area contributed by atoms with Crippen molar-refractivity contribution in [3.63, 3.8) is 0 Å². The minimum atomic E-state index is -3.74. The van der Waals surface area contributed by atoms with E-state index in [0.29, 0.717) is 23.4 Å². The van der Waals surface area contributed by atoms with Crippen LogP contribution in [0.5, 0.6) is 0 Å². The van der Waals surface area contributed by atoms with Crippen LogP contribution in [0.15, 0.2) is 55.0 Å². The molecule has 4 aromatic rings. The molecule has 0 atom stereocenters. The number of pyridine rings is 1. The van der Waals surface area contributed by atoms with Crippen LogP contribution in [0.1, 0.15) is 29.3 Å². The van der Waals surface area contributed by atoms with E-state index in [4.69, 9.17) is 0 Å². The third kappa shape index (κ3) is 4.35. The highest BCUT2D eigenvalue weighted by Gasteiger charge is 2.21. The van der Waals surface area contributed by atoms with Crippen molar-refractivity contribution in [3.05, 3.63) is 77.8 Å². The van der Waals surface area contributed by atoms with E-state index in [0.717, 1.165) is 17.2 Å². The van der Waals surface area contributed by atoms with E-state index in [1.165, 1.54) is 12.1 Å². The molecule has 0 bridgehead atoms. The van der Waals surface area contributed by atoms with E-state index >= 15 is 0 Å². The average Bonchev–Trinajstić information content (AvgIpc) is 3.29. The van der Waals surface area contributed by atoms with Crippen LogP contribution >= 0.6 is 0 Å². The van der Waals surface area contributed by atoms with Crippen molar-refractivity contribution < 1.29 is 22.0 Å². The fourth-order valence-electron chi connectivity index (χ4n) is 3.31. The maximum absolute atomic E-state index is 14.5. The average molecular weight is 456 g/mol. The number of sulfonamides is 1. The van der Waals surface area contributed by atoms with E-state index in [-0.39, 0.29) is 17.0 Å². The van der Waals surface area contributed by atoms with Crippen LogP contribution in [-0.2, 0) is 10.0 Å². The molecule has 0 fully saturated rings. The predicted octanol–water partition coefficient (Wildman–Crippen LogP) is 4.29. The Morgan fingerprint density at radius 2 is 1.91 bits per heavy atom. The number of benzene rings is 2. The normalized spacial score (nSPS) is 11.6. The molecule has 0 aliphatic rings. The number of fused-ring (bicyclic) bond motifs is 1. The Morgan fingerprint density at radius 1 is 1.09 bits per heavy atom. The van der Waals surface area contributed by atoms with Gasteiger partial charge in [0.25, 0.3) is 0 Å². The van der Waals surface area contributed by atoms with E-state index in [1.807, 2.05) is 0 Å². The molecule has 4 rings (SSSR count). The zero-order valence-corrected chi connectivity index (χ0v) is 17.7. The number of H-pyrrole nitrogens is 1. The number of ketones is 1. The van der Waals surface area contributed by atoms with Crippen molar-refractivity contribution >= 4 is 32.4 Å². The fraction of sp³-hybridized carbons (Fsp3) is 0.136. The summed E-state index contributed by atoms with van der Waals surface area (Å²) in [6, 6.07) is 8.10. The molecule has 0 aliphatic carbocycles. The Morgan fingerprint density at radius 3 is 2.62 bits per heavy atom.